The second-order valence-electron chi connectivity index (χ2n) is 6.35. The smallest absolute Gasteiger partial charge is 0.328 e. The van der Waals surface area contributed by atoms with Crippen molar-refractivity contribution in [2.75, 3.05) is 19.0 Å². The van der Waals surface area contributed by atoms with Crippen molar-refractivity contribution < 1.29 is 19.4 Å². The quantitative estimate of drug-likeness (QED) is 0.406. The van der Waals surface area contributed by atoms with Crippen LogP contribution in [0.25, 0.3) is 0 Å². The van der Waals surface area contributed by atoms with E-state index in [1.807, 2.05) is 24.3 Å². The first-order valence-electron chi connectivity index (χ1n) is 7.68. The van der Waals surface area contributed by atoms with Crippen LogP contribution in [0.4, 0.5) is 0 Å². The fourth-order valence-electron chi connectivity index (χ4n) is 1.88. The van der Waals surface area contributed by atoms with Crippen LogP contribution in [0.5, 0.6) is 0 Å². The minimum absolute atomic E-state index is 0.0840. The van der Waals surface area contributed by atoms with E-state index in [0.717, 1.165) is 4.90 Å². The molecule has 1 atom stereocenters. The van der Waals surface area contributed by atoms with Gasteiger partial charge in [-0.2, -0.15) is 0 Å². The van der Waals surface area contributed by atoms with E-state index < -0.39 is 12.0 Å². The summed E-state index contributed by atoms with van der Waals surface area (Å²) in [5.74, 6) is -1.30. The SMILES string of the molecule is C=CCOCC(NC(=O)CSc1ccc(C(C)(C)C)cc1)C(=O)O. The van der Waals surface area contributed by atoms with Crippen molar-refractivity contribution in [1.29, 1.82) is 0 Å². The van der Waals surface area contributed by atoms with Crippen molar-refractivity contribution in [3.8, 4) is 0 Å². The average Bonchev–Trinajstić information content (AvgIpc) is 2.51. The molecule has 24 heavy (non-hydrogen) atoms. The highest BCUT2D eigenvalue weighted by Crippen LogP contribution is 2.25. The first kappa shape index (κ1) is 20.3. The van der Waals surface area contributed by atoms with E-state index in [9.17, 15) is 9.59 Å². The van der Waals surface area contributed by atoms with Gasteiger partial charge in [0.1, 0.15) is 0 Å². The summed E-state index contributed by atoms with van der Waals surface area (Å²) in [6, 6.07) is 6.98. The van der Waals surface area contributed by atoms with Crippen LogP contribution in [0, 0.1) is 0 Å². The van der Waals surface area contributed by atoms with Gasteiger partial charge in [-0.25, -0.2) is 4.79 Å². The van der Waals surface area contributed by atoms with Gasteiger partial charge in [-0.3, -0.25) is 4.79 Å². The van der Waals surface area contributed by atoms with Crippen molar-refractivity contribution in [1.82, 2.24) is 5.32 Å². The molecule has 5 nitrogen and oxygen atoms in total. The third-order valence-corrected chi connectivity index (χ3v) is 4.26. The second-order valence-corrected chi connectivity index (χ2v) is 7.40. The number of benzene rings is 1. The van der Waals surface area contributed by atoms with Gasteiger partial charge in [-0.05, 0) is 23.1 Å². The summed E-state index contributed by atoms with van der Waals surface area (Å²) in [6.45, 7) is 10.1. The van der Waals surface area contributed by atoms with Gasteiger partial charge < -0.3 is 15.2 Å². The molecule has 0 saturated carbocycles. The number of nitrogens with one attached hydrogen (secondary N) is 1. The number of carboxylic acid groups (broad SMARTS) is 1. The van der Waals surface area contributed by atoms with E-state index in [0.29, 0.717) is 0 Å². The van der Waals surface area contributed by atoms with Gasteiger partial charge >= 0.3 is 5.97 Å². The molecule has 0 fully saturated rings. The Labute approximate surface area is 147 Å². The minimum atomic E-state index is -1.12. The Morgan fingerprint density at radius 3 is 2.46 bits per heavy atom. The van der Waals surface area contributed by atoms with Crippen LogP contribution in [0.15, 0.2) is 41.8 Å². The first-order valence-corrected chi connectivity index (χ1v) is 8.66. The molecule has 0 spiro atoms. The zero-order valence-corrected chi connectivity index (χ0v) is 15.2. The molecule has 2 N–H and O–H groups in total. The predicted molar refractivity (Wildman–Crippen MR) is 96.4 cm³/mol. The zero-order chi connectivity index (χ0) is 18.2. The maximum absolute atomic E-state index is 11.9. The topological polar surface area (TPSA) is 75.6 Å². The lowest BCUT2D eigenvalue weighted by atomic mass is 9.87. The van der Waals surface area contributed by atoms with E-state index in [-0.39, 0.29) is 30.3 Å². The average molecular weight is 351 g/mol. The third kappa shape index (κ3) is 7.19. The Morgan fingerprint density at radius 2 is 1.96 bits per heavy atom. The Balaban J connectivity index is 2.49. The number of ether oxygens (including phenoxy) is 1. The molecule has 132 valence electrons. The number of aliphatic carboxylic acids is 1. The summed E-state index contributed by atoms with van der Waals surface area (Å²) < 4.78 is 5.09. The number of carbonyl (C=O) groups excluding carboxylic acids is 1. The molecule has 1 aromatic rings. The summed E-state index contributed by atoms with van der Waals surface area (Å²) in [5, 5.41) is 11.5. The van der Waals surface area contributed by atoms with Gasteiger partial charge in [0.05, 0.1) is 19.0 Å². The molecule has 0 bridgehead atoms. The van der Waals surface area contributed by atoms with Crippen molar-refractivity contribution in [2.45, 2.75) is 37.1 Å². The Hall–Kier alpha value is -1.79. The van der Waals surface area contributed by atoms with Crippen molar-refractivity contribution >= 4 is 23.6 Å². The number of thioether (sulfide) groups is 1. The van der Waals surface area contributed by atoms with Crippen LogP contribution in [-0.2, 0) is 19.7 Å². The highest BCUT2D eigenvalue weighted by molar-refractivity contribution is 8.00. The van der Waals surface area contributed by atoms with E-state index in [2.05, 4.69) is 32.7 Å². The number of hydrogen-bond acceptors (Lipinski definition) is 4. The highest BCUT2D eigenvalue weighted by atomic mass is 32.2. The second kappa shape index (κ2) is 9.49. The van der Waals surface area contributed by atoms with Crippen LogP contribution in [0.1, 0.15) is 26.3 Å². The minimum Gasteiger partial charge on any atom is -0.480 e. The lowest BCUT2D eigenvalue weighted by molar-refractivity contribution is -0.143. The maximum Gasteiger partial charge on any atom is 0.328 e. The first-order chi connectivity index (χ1) is 11.2. The van der Waals surface area contributed by atoms with Crippen LogP contribution >= 0.6 is 11.8 Å². The van der Waals surface area contributed by atoms with Gasteiger partial charge in [0.25, 0.3) is 0 Å². The number of carbonyl (C=O) groups is 2. The summed E-state index contributed by atoms with van der Waals surface area (Å²) >= 11 is 1.37. The molecular formula is C18H25NO4S. The van der Waals surface area contributed by atoms with E-state index in [1.165, 1.54) is 23.4 Å². The molecule has 0 radical (unpaired) electrons. The van der Waals surface area contributed by atoms with Crippen LogP contribution in [0.3, 0.4) is 0 Å². The van der Waals surface area contributed by atoms with Gasteiger partial charge in [0.2, 0.25) is 5.91 Å². The zero-order valence-electron chi connectivity index (χ0n) is 14.4. The van der Waals surface area contributed by atoms with Crippen molar-refractivity contribution in [3.05, 3.63) is 42.5 Å². The summed E-state index contributed by atoms with van der Waals surface area (Å²) in [4.78, 5) is 24.0. The Morgan fingerprint density at radius 1 is 1.33 bits per heavy atom. The van der Waals surface area contributed by atoms with Crippen LogP contribution in [0.2, 0.25) is 0 Å². The molecule has 0 aliphatic rings. The Bertz CT molecular complexity index is 563. The van der Waals surface area contributed by atoms with Crippen molar-refractivity contribution in [2.24, 2.45) is 0 Å². The largest absolute Gasteiger partial charge is 0.480 e. The summed E-state index contributed by atoms with van der Waals surface area (Å²) in [6.07, 6.45) is 1.53. The normalized spacial score (nSPS) is 12.5. The molecule has 0 heterocycles. The number of amides is 1. The molecule has 1 unspecified atom stereocenters. The monoisotopic (exact) mass is 351 g/mol. The highest BCUT2D eigenvalue weighted by Gasteiger charge is 2.20. The molecule has 0 saturated heterocycles. The van der Waals surface area contributed by atoms with Crippen molar-refractivity contribution in [3.63, 3.8) is 0 Å². The van der Waals surface area contributed by atoms with Crippen LogP contribution in [-0.4, -0.2) is 42.0 Å². The fourth-order valence-corrected chi connectivity index (χ4v) is 2.59. The standard InChI is InChI=1S/C18H25NO4S/c1-5-10-23-11-15(17(21)22)19-16(20)12-24-14-8-6-13(7-9-14)18(2,3)4/h5-9,15H,1,10-12H2,2-4H3,(H,19,20)(H,21,22). The van der Waals surface area contributed by atoms with E-state index in [1.54, 1.807) is 0 Å². The maximum atomic E-state index is 11.9. The molecular weight excluding hydrogens is 326 g/mol. The van der Waals surface area contributed by atoms with Gasteiger partial charge in [-0.15, -0.1) is 18.3 Å². The third-order valence-electron chi connectivity index (χ3n) is 3.24. The molecule has 0 aromatic heterocycles. The molecule has 1 amide bonds. The molecule has 6 heteroatoms. The van der Waals surface area contributed by atoms with Gasteiger partial charge in [0, 0.05) is 4.90 Å². The van der Waals surface area contributed by atoms with Gasteiger partial charge in [-0.1, -0.05) is 39.0 Å². The lowest BCUT2D eigenvalue weighted by Gasteiger charge is -2.19. The molecule has 0 aliphatic carbocycles. The molecule has 1 rings (SSSR count). The number of hydrogen-bond donors (Lipinski definition) is 2. The molecule has 1 aromatic carbocycles. The van der Waals surface area contributed by atoms with Crippen LogP contribution < -0.4 is 5.32 Å². The molecule has 0 aliphatic heterocycles. The Kier molecular flexibility index (Phi) is 8.01. The summed E-state index contributed by atoms with van der Waals surface area (Å²) in [7, 11) is 0. The van der Waals surface area contributed by atoms with E-state index in [4.69, 9.17) is 9.84 Å². The van der Waals surface area contributed by atoms with E-state index >= 15 is 0 Å². The lowest BCUT2D eigenvalue weighted by Crippen LogP contribution is -2.44. The predicted octanol–water partition coefficient (Wildman–Crippen LogP) is 2.85. The number of rotatable bonds is 9. The van der Waals surface area contributed by atoms with Gasteiger partial charge in [0.15, 0.2) is 6.04 Å². The summed E-state index contributed by atoms with van der Waals surface area (Å²) in [5.41, 5.74) is 1.31. The fraction of sp³-hybridized carbons (Fsp3) is 0.444. The number of carboxylic acids is 1.